The molecule has 0 spiro atoms. The molecule has 3 rings (SSSR count). The summed E-state index contributed by atoms with van der Waals surface area (Å²) in [7, 11) is 0. The van der Waals surface area contributed by atoms with Gasteiger partial charge in [0.25, 0.3) is 0 Å². The molecule has 1 aliphatic heterocycles. The van der Waals surface area contributed by atoms with Gasteiger partial charge in [-0.1, -0.05) is 35.9 Å². The van der Waals surface area contributed by atoms with Gasteiger partial charge in [0, 0.05) is 48.3 Å². The standard InChI is InChI=1S/C21H25ClN2O2S/c22-19-5-7-20(8-6-19)27-14-9-21(25)23-15-17-1-3-18(4-2-17)16-24-10-12-26-13-11-24/h1-8H,9-16H2,(H,23,25). The zero-order valence-corrected chi connectivity index (χ0v) is 16.9. The van der Waals surface area contributed by atoms with Crippen molar-refractivity contribution in [1.82, 2.24) is 10.2 Å². The number of rotatable bonds is 8. The highest BCUT2D eigenvalue weighted by Gasteiger charge is 2.10. The maximum absolute atomic E-state index is 12.0. The molecule has 27 heavy (non-hydrogen) atoms. The fourth-order valence-electron chi connectivity index (χ4n) is 2.86. The van der Waals surface area contributed by atoms with E-state index in [9.17, 15) is 4.79 Å². The Bertz CT molecular complexity index is 716. The minimum absolute atomic E-state index is 0.0776. The largest absolute Gasteiger partial charge is 0.379 e. The molecule has 144 valence electrons. The van der Waals surface area contributed by atoms with Crippen LogP contribution in [0.15, 0.2) is 53.4 Å². The Morgan fingerprint density at radius 2 is 1.70 bits per heavy atom. The summed E-state index contributed by atoms with van der Waals surface area (Å²) in [5.41, 5.74) is 2.42. The molecule has 2 aromatic carbocycles. The number of carbonyl (C=O) groups excluding carboxylic acids is 1. The predicted molar refractivity (Wildman–Crippen MR) is 111 cm³/mol. The number of thioether (sulfide) groups is 1. The van der Waals surface area contributed by atoms with Gasteiger partial charge >= 0.3 is 0 Å². The maximum atomic E-state index is 12.0. The van der Waals surface area contributed by atoms with Crippen molar-refractivity contribution in [2.45, 2.75) is 24.4 Å². The number of ether oxygens (including phenoxy) is 1. The molecule has 0 aliphatic carbocycles. The van der Waals surface area contributed by atoms with Crippen LogP contribution in [0.3, 0.4) is 0 Å². The number of nitrogens with one attached hydrogen (secondary N) is 1. The third-order valence-electron chi connectivity index (χ3n) is 4.43. The van der Waals surface area contributed by atoms with E-state index in [-0.39, 0.29) is 5.91 Å². The van der Waals surface area contributed by atoms with Gasteiger partial charge in [-0.2, -0.15) is 0 Å². The van der Waals surface area contributed by atoms with E-state index in [0.29, 0.717) is 13.0 Å². The number of halogens is 1. The van der Waals surface area contributed by atoms with Crippen LogP contribution in [0.5, 0.6) is 0 Å². The highest BCUT2D eigenvalue weighted by Crippen LogP contribution is 2.20. The van der Waals surface area contributed by atoms with E-state index >= 15 is 0 Å². The molecular weight excluding hydrogens is 380 g/mol. The van der Waals surface area contributed by atoms with Crippen LogP contribution >= 0.6 is 23.4 Å². The van der Waals surface area contributed by atoms with Gasteiger partial charge in [0.2, 0.25) is 5.91 Å². The Balaban J connectivity index is 1.35. The van der Waals surface area contributed by atoms with E-state index in [0.717, 1.165) is 54.1 Å². The van der Waals surface area contributed by atoms with Crippen molar-refractivity contribution in [3.63, 3.8) is 0 Å². The summed E-state index contributed by atoms with van der Waals surface area (Å²) in [6.45, 7) is 5.15. The summed E-state index contributed by atoms with van der Waals surface area (Å²) in [4.78, 5) is 15.6. The van der Waals surface area contributed by atoms with E-state index < -0.39 is 0 Å². The lowest BCUT2D eigenvalue weighted by molar-refractivity contribution is -0.120. The first-order valence-corrected chi connectivity index (χ1v) is 10.6. The van der Waals surface area contributed by atoms with Crippen molar-refractivity contribution < 1.29 is 9.53 Å². The Labute approximate surface area is 170 Å². The Hall–Kier alpha value is -1.53. The lowest BCUT2D eigenvalue weighted by Gasteiger charge is -2.26. The minimum Gasteiger partial charge on any atom is -0.379 e. The molecular formula is C21H25ClN2O2S. The first-order valence-electron chi connectivity index (χ1n) is 9.22. The lowest BCUT2D eigenvalue weighted by atomic mass is 10.1. The molecule has 0 aromatic heterocycles. The topological polar surface area (TPSA) is 41.6 Å². The Morgan fingerprint density at radius 1 is 1.04 bits per heavy atom. The van der Waals surface area contributed by atoms with Gasteiger partial charge in [-0.3, -0.25) is 9.69 Å². The van der Waals surface area contributed by atoms with Crippen molar-refractivity contribution in [2.75, 3.05) is 32.1 Å². The molecule has 0 saturated carbocycles. The Kier molecular flexibility index (Phi) is 8.02. The molecule has 1 saturated heterocycles. The fourth-order valence-corrected chi connectivity index (χ4v) is 3.84. The van der Waals surface area contributed by atoms with Crippen LogP contribution in [-0.4, -0.2) is 42.9 Å². The first-order chi connectivity index (χ1) is 13.2. The summed E-state index contributed by atoms with van der Waals surface area (Å²) < 4.78 is 5.38. The number of carbonyl (C=O) groups is 1. The summed E-state index contributed by atoms with van der Waals surface area (Å²) in [6, 6.07) is 16.2. The minimum atomic E-state index is 0.0776. The molecule has 1 N–H and O–H groups in total. The molecule has 1 fully saturated rings. The second-order valence-corrected chi connectivity index (χ2v) is 8.14. The van der Waals surface area contributed by atoms with E-state index in [1.165, 1.54) is 5.56 Å². The highest BCUT2D eigenvalue weighted by atomic mass is 35.5. The van der Waals surface area contributed by atoms with E-state index in [1.807, 2.05) is 24.3 Å². The number of amides is 1. The molecule has 1 heterocycles. The van der Waals surface area contributed by atoms with E-state index in [1.54, 1.807) is 11.8 Å². The monoisotopic (exact) mass is 404 g/mol. The van der Waals surface area contributed by atoms with Crippen LogP contribution in [0.4, 0.5) is 0 Å². The SMILES string of the molecule is O=C(CCSc1ccc(Cl)cc1)NCc1ccc(CN2CCOCC2)cc1. The number of hydrogen-bond acceptors (Lipinski definition) is 4. The number of morpholine rings is 1. The summed E-state index contributed by atoms with van der Waals surface area (Å²) >= 11 is 7.54. The van der Waals surface area contributed by atoms with Gasteiger partial charge in [-0.15, -0.1) is 11.8 Å². The average Bonchev–Trinajstić information content (AvgIpc) is 2.70. The van der Waals surface area contributed by atoms with Crippen LogP contribution < -0.4 is 5.32 Å². The predicted octanol–water partition coefficient (Wildman–Crippen LogP) is 3.97. The van der Waals surface area contributed by atoms with Crippen molar-refractivity contribution >= 4 is 29.3 Å². The molecule has 0 radical (unpaired) electrons. The third kappa shape index (κ3) is 7.18. The van der Waals surface area contributed by atoms with Crippen molar-refractivity contribution in [3.05, 3.63) is 64.7 Å². The lowest BCUT2D eigenvalue weighted by Crippen LogP contribution is -2.35. The average molecular weight is 405 g/mol. The van der Waals surface area contributed by atoms with Crippen LogP contribution in [0.25, 0.3) is 0 Å². The molecule has 0 atom stereocenters. The molecule has 2 aromatic rings. The number of hydrogen-bond donors (Lipinski definition) is 1. The van der Waals surface area contributed by atoms with E-state index in [2.05, 4.69) is 34.5 Å². The summed E-state index contributed by atoms with van der Waals surface area (Å²) in [5.74, 6) is 0.834. The summed E-state index contributed by atoms with van der Waals surface area (Å²) in [6.07, 6.45) is 0.502. The molecule has 0 unspecified atom stereocenters. The quantitative estimate of drug-likeness (QED) is 0.676. The molecule has 4 nitrogen and oxygen atoms in total. The van der Waals surface area contributed by atoms with Crippen LogP contribution in [0.2, 0.25) is 5.02 Å². The van der Waals surface area contributed by atoms with Crippen LogP contribution in [0, 0.1) is 0 Å². The number of nitrogens with zero attached hydrogens (tertiary/aromatic N) is 1. The second kappa shape index (κ2) is 10.7. The first kappa shape index (κ1) is 20.2. The molecule has 6 heteroatoms. The zero-order valence-electron chi connectivity index (χ0n) is 15.3. The van der Waals surface area contributed by atoms with Gasteiger partial charge in [0.1, 0.15) is 0 Å². The van der Waals surface area contributed by atoms with Crippen LogP contribution in [0.1, 0.15) is 17.5 Å². The van der Waals surface area contributed by atoms with Gasteiger partial charge in [-0.05, 0) is 35.4 Å². The summed E-state index contributed by atoms with van der Waals surface area (Å²) in [5, 5.41) is 3.72. The van der Waals surface area contributed by atoms with Crippen molar-refractivity contribution in [1.29, 1.82) is 0 Å². The van der Waals surface area contributed by atoms with Gasteiger partial charge in [0.15, 0.2) is 0 Å². The van der Waals surface area contributed by atoms with E-state index in [4.69, 9.17) is 16.3 Å². The molecule has 0 bridgehead atoms. The Morgan fingerprint density at radius 3 is 2.41 bits per heavy atom. The van der Waals surface area contributed by atoms with Gasteiger partial charge < -0.3 is 10.1 Å². The smallest absolute Gasteiger partial charge is 0.221 e. The normalized spacial score (nSPS) is 14.9. The number of benzene rings is 2. The van der Waals surface area contributed by atoms with Gasteiger partial charge in [-0.25, -0.2) is 0 Å². The zero-order chi connectivity index (χ0) is 18.9. The van der Waals surface area contributed by atoms with Crippen LogP contribution in [-0.2, 0) is 22.6 Å². The molecule has 1 aliphatic rings. The fraction of sp³-hybridized carbons (Fsp3) is 0.381. The maximum Gasteiger partial charge on any atom is 0.221 e. The highest BCUT2D eigenvalue weighted by molar-refractivity contribution is 7.99. The third-order valence-corrected chi connectivity index (χ3v) is 5.70. The second-order valence-electron chi connectivity index (χ2n) is 6.53. The van der Waals surface area contributed by atoms with Gasteiger partial charge in [0.05, 0.1) is 13.2 Å². The molecule has 1 amide bonds. The van der Waals surface area contributed by atoms with Crippen molar-refractivity contribution in [2.24, 2.45) is 0 Å². The van der Waals surface area contributed by atoms with Crippen molar-refractivity contribution in [3.8, 4) is 0 Å².